The fourth-order valence-corrected chi connectivity index (χ4v) is 3.03. The second kappa shape index (κ2) is 6.77. The molecule has 2 aromatic rings. The minimum Gasteiger partial charge on any atom is -0.491 e. The van der Waals surface area contributed by atoms with E-state index in [9.17, 15) is 5.11 Å². The van der Waals surface area contributed by atoms with Crippen LogP contribution in [0.15, 0.2) is 54.6 Å². The summed E-state index contributed by atoms with van der Waals surface area (Å²) in [5, 5.41) is 10.1. The largest absolute Gasteiger partial charge is 0.491 e. The quantitative estimate of drug-likeness (QED) is 0.886. The van der Waals surface area contributed by atoms with Gasteiger partial charge in [0.25, 0.3) is 0 Å². The Bertz CT molecular complexity index is 542. The van der Waals surface area contributed by atoms with Crippen molar-refractivity contribution in [1.29, 1.82) is 0 Å². The topological polar surface area (TPSA) is 29.5 Å². The van der Waals surface area contributed by atoms with E-state index in [1.807, 2.05) is 30.3 Å². The summed E-state index contributed by atoms with van der Waals surface area (Å²) in [6.45, 7) is 0.398. The third-order valence-corrected chi connectivity index (χ3v) is 4.33. The van der Waals surface area contributed by atoms with Crippen LogP contribution in [0.2, 0.25) is 0 Å². The molecular formula is C19H22O2. The Morgan fingerprint density at radius 3 is 2.19 bits per heavy atom. The Kier molecular flexibility index (Phi) is 4.56. The molecule has 2 nitrogen and oxygen atoms in total. The van der Waals surface area contributed by atoms with Crippen molar-refractivity contribution in [2.45, 2.75) is 31.8 Å². The number of aliphatic hydroxyl groups excluding tert-OH is 1. The molecule has 2 heteroatoms. The summed E-state index contributed by atoms with van der Waals surface area (Å²) in [5.74, 6) is 1.25. The lowest BCUT2D eigenvalue weighted by atomic mass is 10.0. The Labute approximate surface area is 126 Å². The molecule has 110 valence electrons. The van der Waals surface area contributed by atoms with Gasteiger partial charge in [0, 0.05) is 0 Å². The monoisotopic (exact) mass is 282 g/mol. The third-order valence-electron chi connectivity index (χ3n) is 4.33. The van der Waals surface area contributed by atoms with Crippen LogP contribution in [-0.4, -0.2) is 17.8 Å². The van der Waals surface area contributed by atoms with Crippen LogP contribution >= 0.6 is 0 Å². The van der Waals surface area contributed by atoms with Crippen LogP contribution in [0.3, 0.4) is 0 Å². The smallest absolute Gasteiger partial charge is 0.119 e. The summed E-state index contributed by atoms with van der Waals surface area (Å²) in [5.41, 5.74) is 2.38. The average molecular weight is 282 g/mol. The van der Waals surface area contributed by atoms with Gasteiger partial charge in [-0.2, -0.15) is 0 Å². The Hall–Kier alpha value is -1.80. The maximum absolute atomic E-state index is 10.1. The molecule has 0 saturated heterocycles. The van der Waals surface area contributed by atoms with Crippen LogP contribution in [0.5, 0.6) is 5.75 Å². The first-order valence-electron chi connectivity index (χ1n) is 7.79. The molecule has 1 unspecified atom stereocenters. The standard InChI is InChI=1S/C19H22O2/c20-19(17-8-4-5-9-17)14-21-18-12-10-16(11-13-18)15-6-2-1-3-7-15/h1-3,6-7,10-13,17,19-20H,4-5,8-9,14H2. The zero-order chi connectivity index (χ0) is 14.5. The first-order chi connectivity index (χ1) is 10.3. The minimum absolute atomic E-state index is 0.332. The van der Waals surface area contributed by atoms with E-state index < -0.39 is 0 Å². The van der Waals surface area contributed by atoms with E-state index in [0.29, 0.717) is 12.5 Å². The highest BCUT2D eigenvalue weighted by molar-refractivity contribution is 5.63. The van der Waals surface area contributed by atoms with Crippen LogP contribution < -0.4 is 4.74 Å². The van der Waals surface area contributed by atoms with Crippen molar-refractivity contribution in [3.63, 3.8) is 0 Å². The molecule has 1 aliphatic carbocycles. The van der Waals surface area contributed by atoms with Gasteiger partial charge >= 0.3 is 0 Å². The summed E-state index contributed by atoms with van der Waals surface area (Å²) in [7, 11) is 0. The molecule has 1 atom stereocenters. The van der Waals surface area contributed by atoms with E-state index >= 15 is 0 Å². The van der Waals surface area contributed by atoms with E-state index in [2.05, 4.69) is 24.3 Å². The van der Waals surface area contributed by atoms with E-state index in [1.54, 1.807) is 0 Å². The molecule has 0 bridgehead atoms. The van der Waals surface area contributed by atoms with Crippen molar-refractivity contribution in [1.82, 2.24) is 0 Å². The molecule has 3 rings (SSSR count). The van der Waals surface area contributed by atoms with E-state index in [0.717, 1.165) is 18.6 Å². The van der Waals surface area contributed by atoms with Gasteiger partial charge < -0.3 is 9.84 Å². The van der Waals surface area contributed by atoms with Crippen molar-refractivity contribution in [2.24, 2.45) is 5.92 Å². The fourth-order valence-electron chi connectivity index (χ4n) is 3.03. The minimum atomic E-state index is -0.332. The number of hydrogen-bond acceptors (Lipinski definition) is 2. The SMILES string of the molecule is OC(COc1ccc(-c2ccccc2)cc1)C1CCCC1. The summed E-state index contributed by atoms with van der Waals surface area (Å²) in [6.07, 6.45) is 4.43. The number of benzene rings is 2. The predicted molar refractivity (Wildman–Crippen MR) is 85.3 cm³/mol. The summed E-state index contributed by atoms with van der Waals surface area (Å²) in [4.78, 5) is 0. The Morgan fingerprint density at radius 2 is 1.52 bits per heavy atom. The van der Waals surface area contributed by atoms with Crippen molar-refractivity contribution in [3.8, 4) is 16.9 Å². The van der Waals surface area contributed by atoms with Gasteiger partial charge in [-0.3, -0.25) is 0 Å². The maximum Gasteiger partial charge on any atom is 0.119 e. The van der Waals surface area contributed by atoms with Gasteiger partial charge in [-0.05, 0) is 42.0 Å². The fraction of sp³-hybridized carbons (Fsp3) is 0.368. The van der Waals surface area contributed by atoms with Gasteiger partial charge in [0.15, 0.2) is 0 Å². The number of aliphatic hydroxyl groups is 1. The van der Waals surface area contributed by atoms with E-state index in [1.165, 1.54) is 24.0 Å². The molecule has 0 radical (unpaired) electrons. The molecule has 21 heavy (non-hydrogen) atoms. The van der Waals surface area contributed by atoms with Crippen molar-refractivity contribution in [3.05, 3.63) is 54.6 Å². The predicted octanol–water partition coefficient (Wildman–Crippen LogP) is 4.28. The highest BCUT2D eigenvalue weighted by atomic mass is 16.5. The molecular weight excluding hydrogens is 260 g/mol. The molecule has 0 aliphatic heterocycles. The summed E-state index contributed by atoms with van der Waals surface area (Å²) in [6, 6.07) is 18.4. The van der Waals surface area contributed by atoms with Crippen LogP contribution in [-0.2, 0) is 0 Å². The van der Waals surface area contributed by atoms with Gasteiger partial charge in [0.2, 0.25) is 0 Å². The molecule has 1 N–H and O–H groups in total. The van der Waals surface area contributed by atoms with Crippen LogP contribution in [0.1, 0.15) is 25.7 Å². The molecule has 1 saturated carbocycles. The van der Waals surface area contributed by atoms with Gasteiger partial charge in [0.1, 0.15) is 12.4 Å². The summed E-state index contributed by atoms with van der Waals surface area (Å²) < 4.78 is 5.72. The molecule has 0 spiro atoms. The van der Waals surface area contributed by atoms with E-state index in [-0.39, 0.29) is 6.10 Å². The zero-order valence-corrected chi connectivity index (χ0v) is 12.2. The lowest BCUT2D eigenvalue weighted by Gasteiger charge is -2.18. The molecule has 1 aliphatic rings. The number of hydrogen-bond donors (Lipinski definition) is 1. The maximum atomic E-state index is 10.1. The Morgan fingerprint density at radius 1 is 0.905 bits per heavy atom. The molecule has 0 amide bonds. The lowest BCUT2D eigenvalue weighted by molar-refractivity contribution is 0.0593. The zero-order valence-electron chi connectivity index (χ0n) is 12.2. The number of rotatable bonds is 5. The number of ether oxygens (including phenoxy) is 1. The molecule has 2 aromatic carbocycles. The van der Waals surface area contributed by atoms with Gasteiger partial charge in [-0.15, -0.1) is 0 Å². The van der Waals surface area contributed by atoms with Crippen LogP contribution in [0, 0.1) is 5.92 Å². The molecule has 1 fully saturated rings. The average Bonchev–Trinajstić information content (AvgIpc) is 3.08. The van der Waals surface area contributed by atoms with Gasteiger partial charge in [0.05, 0.1) is 6.10 Å². The van der Waals surface area contributed by atoms with Crippen molar-refractivity contribution >= 4 is 0 Å². The Balaban J connectivity index is 1.57. The van der Waals surface area contributed by atoms with Gasteiger partial charge in [-0.25, -0.2) is 0 Å². The van der Waals surface area contributed by atoms with Crippen molar-refractivity contribution < 1.29 is 9.84 Å². The molecule has 0 heterocycles. The third kappa shape index (κ3) is 3.64. The normalized spacial score (nSPS) is 16.8. The first-order valence-corrected chi connectivity index (χ1v) is 7.79. The first kappa shape index (κ1) is 14.2. The van der Waals surface area contributed by atoms with Gasteiger partial charge in [-0.1, -0.05) is 55.3 Å². The van der Waals surface area contributed by atoms with Crippen LogP contribution in [0.4, 0.5) is 0 Å². The van der Waals surface area contributed by atoms with E-state index in [4.69, 9.17) is 4.74 Å². The highest BCUT2D eigenvalue weighted by Crippen LogP contribution is 2.28. The molecule has 0 aromatic heterocycles. The second-order valence-corrected chi connectivity index (χ2v) is 5.81. The lowest BCUT2D eigenvalue weighted by Crippen LogP contribution is -2.25. The van der Waals surface area contributed by atoms with Crippen molar-refractivity contribution in [2.75, 3.05) is 6.61 Å². The van der Waals surface area contributed by atoms with Crippen LogP contribution in [0.25, 0.3) is 11.1 Å². The second-order valence-electron chi connectivity index (χ2n) is 5.81. The highest BCUT2D eigenvalue weighted by Gasteiger charge is 2.23. The summed E-state index contributed by atoms with van der Waals surface area (Å²) >= 11 is 0.